The van der Waals surface area contributed by atoms with Crippen molar-refractivity contribution in [2.75, 3.05) is 12.4 Å². The van der Waals surface area contributed by atoms with Crippen LogP contribution in [0, 0.1) is 0 Å². The van der Waals surface area contributed by atoms with Crippen LogP contribution in [0.5, 0.6) is 5.75 Å². The van der Waals surface area contributed by atoms with E-state index in [-0.39, 0.29) is 11.2 Å². The smallest absolute Gasteiger partial charge is 0.237 e. The van der Waals surface area contributed by atoms with Gasteiger partial charge in [-0.1, -0.05) is 42.1 Å². The first-order valence-corrected chi connectivity index (χ1v) is 10.2. The monoisotopic (exact) mass is 394 g/mol. The molecule has 1 saturated carbocycles. The van der Waals surface area contributed by atoms with E-state index in [1.165, 1.54) is 11.8 Å². The summed E-state index contributed by atoms with van der Waals surface area (Å²) in [6, 6.07) is 17.4. The van der Waals surface area contributed by atoms with Gasteiger partial charge in [0.05, 0.1) is 18.0 Å². The molecule has 28 heavy (non-hydrogen) atoms. The Labute approximate surface area is 168 Å². The Kier molecular flexibility index (Phi) is 5.34. The molecule has 0 saturated heterocycles. The summed E-state index contributed by atoms with van der Waals surface area (Å²) < 4.78 is 7.39. The number of benzene rings is 2. The molecule has 144 valence electrons. The third-order valence-corrected chi connectivity index (χ3v) is 5.67. The molecule has 1 aliphatic carbocycles. The van der Waals surface area contributed by atoms with Crippen molar-refractivity contribution < 1.29 is 9.53 Å². The number of para-hydroxylation sites is 3. The van der Waals surface area contributed by atoms with Crippen molar-refractivity contribution in [3.05, 3.63) is 60.4 Å². The Morgan fingerprint density at radius 1 is 1.14 bits per heavy atom. The van der Waals surface area contributed by atoms with Gasteiger partial charge in [0.1, 0.15) is 11.6 Å². The van der Waals surface area contributed by atoms with E-state index in [2.05, 4.69) is 20.1 Å². The van der Waals surface area contributed by atoms with E-state index in [9.17, 15) is 4.79 Å². The van der Waals surface area contributed by atoms with Crippen LogP contribution in [-0.2, 0) is 4.79 Å². The summed E-state index contributed by atoms with van der Waals surface area (Å²) in [7, 11) is 1.59. The zero-order valence-corrected chi connectivity index (χ0v) is 16.6. The molecule has 4 rings (SSSR count). The van der Waals surface area contributed by atoms with Crippen LogP contribution in [0.4, 0.5) is 5.69 Å². The molecule has 1 N–H and O–H groups in total. The topological polar surface area (TPSA) is 69.0 Å². The predicted molar refractivity (Wildman–Crippen MR) is 110 cm³/mol. The summed E-state index contributed by atoms with van der Waals surface area (Å²) in [6.45, 7) is 1.87. The minimum Gasteiger partial charge on any atom is -0.495 e. The third kappa shape index (κ3) is 3.89. The third-order valence-electron chi connectivity index (χ3n) is 4.63. The van der Waals surface area contributed by atoms with Gasteiger partial charge < -0.3 is 10.1 Å². The van der Waals surface area contributed by atoms with E-state index >= 15 is 0 Å². The molecule has 1 amide bonds. The molecular formula is C21H22N4O2S. The Morgan fingerprint density at radius 3 is 2.57 bits per heavy atom. The normalized spacial score (nSPS) is 14.5. The molecule has 2 aromatic carbocycles. The first kappa shape index (κ1) is 18.6. The maximum atomic E-state index is 12.7. The molecule has 0 radical (unpaired) electrons. The number of aromatic nitrogens is 3. The average Bonchev–Trinajstić information content (AvgIpc) is 3.49. The van der Waals surface area contributed by atoms with E-state index in [1.54, 1.807) is 7.11 Å². The Bertz CT molecular complexity index is 970. The van der Waals surface area contributed by atoms with E-state index in [0.717, 1.165) is 29.5 Å². The van der Waals surface area contributed by atoms with Gasteiger partial charge in [0.15, 0.2) is 5.16 Å². The van der Waals surface area contributed by atoms with Crippen molar-refractivity contribution in [3.8, 4) is 11.4 Å². The molecule has 0 spiro atoms. The van der Waals surface area contributed by atoms with Crippen molar-refractivity contribution in [1.82, 2.24) is 14.8 Å². The van der Waals surface area contributed by atoms with Crippen molar-refractivity contribution in [3.63, 3.8) is 0 Å². The van der Waals surface area contributed by atoms with Gasteiger partial charge in [-0.2, -0.15) is 0 Å². The lowest BCUT2D eigenvalue weighted by molar-refractivity contribution is -0.115. The molecule has 1 unspecified atom stereocenters. The molecule has 1 aliphatic rings. The van der Waals surface area contributed by atoms with Crippen LogP contribution >= 0.6 is 11.8 Å². The summed E-state index contributed by atoms with van der Waals surface area (Å²) in [5, 5.41) is 12.1. The maximum Gasteiger partial charge on any atom is 0.237 e. The lowest BCUT2D eigenvalue weighted by Crippen LogP contribution is -2.23. The second-order valence-corrected chi connectivity index (χ2v) is 8.04. The molecule has 3 aromatic rings. The van der Waals surface area contributed by atoms with Crippen LogP contribution in [0.15, 0.2) is 59.8 Å². The number of carbonyl (C=O) groups excluding carboxylic acids is 1. The summed E-state index contributed by atoms with van der Waals surface area (Å²) in [6.07, 6.45) is 2.28. The molecule has 6 nitrogen and oxygen atoms in total. The van der Waals surface area contributed by atoms with Gasteiger partial charge in [0, 0.05) is 11.6 Å². The van der Waals surface area contributed by atoms with Gasteiger partial charge in [-0.05, 0) is 44.0 Å². The zero-order valence-electron chi connectivity index (χ0n) is 15.8. The molecule has 1 heterocycles. The fourth-order valence-corrected chi connectivity index (χ4v) is 3.85. The summed E-state index contributed by atoms with van der Waals surface area (Å²) in [4.78, 5) is 12.7. The standard InChI is InChI=1S/C21H22N4O2S/c1-14(20(26)22-17-10-6-7-11-18(17)27-2)28-21-24-23-19(15-12-13-15)25(21)16-8-4-3-5-9-16/h3-11,14-15H,12-13H2,1-2H3,(H,22,26). The highest BCUT2D eigenvalue weighted by molar-refractivity contribution is 8.00. The molecular weight excluding hydrogens is 372 g/mol. The highest BCUT2D eigenvalue weighted by Gasteiger charge is 2.32. The van der Waals surface area contributed by atoms with Crippen LogP contribution in [0.25, 0.3) is 5.69 Å². The Morgan fingerprint density at radius 2 is 1.86 bits per heavy atom. The lowest BCUT2D eigenvalue weighted by atomic mass is 10.3. The molecule has 1 fully saturated rings. The second kappa shape index (κ2) is 8.06. The maximum absolute atomic E-state index is 12.7. The molecule has 7 heteroatoms. The van der Waals surface area contributed by atoms with Crippen LogP contribution in [0.1, 0.15) is 31.5 Å². The van der Waals surface area contributed by atoms with Gasteiger partial charge in [0.25, 0.3) is 0 Å². The summed E-state index contributed by atoms with van der Waals surface area (Å²) in [5.41, 5.74) is 1.68. The highest BCUT2D eigenvalue weighted by atomic mass is 32.2. The number of hydrogen-bond acceptors (Lipinski definition) is 5. The van der Waals surface area contributed by atoms with Crippen LogP contribution < -0.4 is 10.1 Å². The predicted octanol–water partition coefficient (Wildman–Crippen LogP) is 4.27. The molecule has 1 atom stereocenters. The molecule has 0 aliphatic heterocycles. The number of nitrogens with zero attached hydrogens (tertiary/aromatic N) is 3. The second-order valence-electron chi connectivity index (χ2n) is 6.74. The number of nitrogens with one attached hydrogen (secondary N) is 1. The van der Waals surface area contributed by atoms with Gasteiger partial charge in [-0.3, -0.25) is 9.36 Å². The van der Waals surface area contributed by atoms with Crippen LogP contribution in [0.3, 0.4) is 0 Å². The quantitative estimate of drug-likeness (QED) is 0.606. The average molecular weight is 395 g/mol. The van der Waals surface area contributed by atoms with Gasteiger partial charge in [-0.25, -0.2) is 0 Å². The Balaban J connectivity index is 1.55. The fraction of sp³-hybridized carbons (Fsp3) is 0.286. The summed E-state index contributed by atoms with van der Waals surface area (Å²) in [5.74, 6) is 1.97. The minimum atomic E-state index is -0.344. The van der Waals surface area contributed by atoms with Crippen molar-refractivity contribution in [2.24, 2.45) is 0 Å². The number of anilines is 1. The van der Waals surface area contributed by atoms with Crippen LogP contribution in [0.2, 0.25) is 0 Å². The molecule has 1 aromatic heterocycles. The number of rotatable bonds is 7. The Hall–Kier alpha value is -2.80. The fourth-order valence-electron chi connectivity index (χ4n) is 2.98. The first-order valence-electron chi connectivity index (χ1n) is 9.28. The van der Waals surface area contributed by atoms with Gasteiger partial charge in [-0.15, -0.1) is 10.2 Å². The SMILES string of the molecule is COc1ccccc1NC(=O)C(C)Sc1nnc(C2CC2)n1-c1ccccc1. The van der Waals surface area contributed by atoms with Gasteiger partial charge in [0.2, 0.25) is 5.91 Å². The van der Waals surface area contributed by atoms with E-state index in [0.29, 0.717) is 17.4 Å². The zero-order chi connectivity index (χ0) is 19.5. The first-order chi connectivity index (χ1) is 13.7. The van der Waals surface area contributed by atoms with Crippen molar-refractivity contribution in [2.45, 2.75) is 36.1 Å². The number of amides is 1. The summed E-state index contributed by atoms with van der Waals surface area (Å²) >= 11 is 1.41. The largest absolute Gasteiger partial charge is 0.495 e. The van der Waals surface area contributed by atoms with E-state index < -0.39 is 0 Å². The van der Waals surface area contributed by atoms with Crippen LogP contribution in [-0.4, -0.2) is 33.0 Å². The number of methoxy groups -OCH3 is 1. The highest BCUT2D eigenvalue weighted by Crippen LogP contribution is 2.41. The minimum absolute atomic E-state index is 0.106. The van der Waals surface area contributed by atoms with E-state index in [4.69, 9.17) is 4.74 Å². The van der Waals surface area contributed by atoms with E-state index in [1.807, 2.05) is 61.5 Å². The number of ether oxygens (including phenoxy) is 1. The van der Waals surface area contributed by atoms with Crippen molar-refractivity contribution in [1.29, 1.82) is 0 Å². The lowest BCUT2D eigenvalue weighted by Gasteiger charge is -2.15. The van der Waals surface area contributed by atoms with Gasteiger partial charge >= 0.3 is 0 Å². The van der Waals surface area contributed by atoms with Crippen molar-refractivity contribution >= 4 is 23.4 Å². The number of carbonyl (C=O) groups is 1. The number of hydrogen-bond donors (Lipinski definition) is 1. The number of thioether (sulfide) groups is 1. The molecule has 0 bridgehead atoms.